The third-order valence-corrected chi connectivity index (χ3v) is 7.15. The fourth-order valence-electron chi connectivity index (χ4n) is 5.90. The number of aromatic nitrogens is 1. The van der Waals surface area contributed by atoms with E-state index in [2.05, 4.69) is 26.5 Å². The Morgan fingerprint density at radius 2 is 1.76 bits per heavy atom. The maximum atomic E-state index is 13.1. The van der Waals surface area contributed by atoms with E-state index < -0.39 is 0 Å². The molecule has 0 N–H and O–H groups in total. The van der Waals surface area contributed by atoms with Gasteiger partial charge in [-0.3, -0.25) is 14.6 Å². The van der Waals surface area contributed by atoms with E-state index in [0.717, 1.165) is 37.8 Å². The average Bonchev–Trinajstić information content (AvgIpc) is 3.31. The van der Waals surface area contributed by atoms with E-state index >= 15 is 0 Å². The minimum Gasteiger partial charge on any atom is -0.312 e. The highest BCUT2D eigenvalue weighted by atomic mass is 16.1. The smallest absolute Gasteiger partial charge is 0.255 e. The second kappa shape index (κ2) is 6.55. The van der Waals surface area contributed by atoms with E-state index in [1.807, 2.05) is 0 Å². The molecule has 0 aromatic carbocycles. The molecule has 2 bridgehead atoms. The molecule has 1 aliphatic carbocycles. The number of hydrogen-bond acceptors (Lipinski definition) is 3. The number of fused-ring (bicyclic) bond motifs is 4. The van der Waals surface area contributed by atoms with Crippen LogP contribution in [0.3, 0.4) is 0 Å². The molecule has 1 aromatic rings. The Morgan fingerprint density at radius 3 is 2.56 bits per heavy atom. The molecule has 0 radical (unpaired) electrons. The van der Waals surface area contributed by atoms with Gasteiger partial charge < -0.3 is 4.57 Å². The van der Waals surface area contributed by atoms with Crippen molar-refractivity contribution in [1.29, 1.82) is 0 Å². The topological polar surface area (TPSA) is 28.5 Å². The van der Waals surface area contributed by atoms with Gasteiger partial charge in [-0.15, -0.1) is 0 Å². The number of hydrogen-bond donors (Lipinski definition) is 0. The van der Waals surface area contributed by atoms with Gasteiger partial charge in [0, 0.05) is 49.4 Å². The second-order valence-corrected chi connectivity index (χ2v) is 8.87. The molecule has 25 heavy (non-hydrogen) atoms. The van der Waals surface area contributed by atoms with Crippen molar-refractivity contribution in [1.82, 2.24) is 14.4 Å². The van der Waals surface area contributed by atoms with Crippen LogP contribution >= 0.6 is 0 Å². The zero-order valence-corrected chi connectivity index (χ0v) is 15.3. The van der Waals surface area contributed by atoms with Crippen molar-refractivity contribution in [3.8, 4) is 0 Å². The summed E-state index contributed by atoms with van der Waals surface area (Å²) in [5.41, 5.74) is 2.63. The predicted molar refractivity (Wildman–Crippen MR) is 99.9 cm³/mol. The van der Waals surface area contributed by atoms with Crippen LogP contribution < -0.4 is 5.56 Å². The Bertz CT molecular complexity index is 685. The van der Waals surface area contributed by atoms with Crippen LogP contribution in [0.1, 0.15) is 62.1 Å². The first-order valence-electron chi connectivity index (χ1n) is 10.5. The van der Waals surface area contributed by atoms with Crippen molar-refractivity contribution in [3.05, 3.63) is 33.7 Å². The minimum atomic E-state index is 0.299. The van der Waals surface area contributed by atoms with Crippen LogP contribution in [0.2, 0.25) is 0 Å². The lowest BCUT2D eigenvalue weighted by molar-refractivity contribution is 0.0832. The summed E-state index contributed by atoms with van der Waals surface area (Å²) in [5, 5.41) is 0. The fourth-order valence-corrected chi connectivity index (χ4v) is 5.90. The second-order valence-electron chi connectivity index (χ2n) is 8.87. The van der Waals surface area contributed by atoms with Crippen LogP contribution in [0.4, 0.5) is 0 Å². The van der Waals surface area contributed by atoms with E-state index in [4.69, 9.17) is 0 Å². The molecule has 2 saturated heterocycles. The number of likely N-dealkylation sites (tertiary alicyclic amines) is 2. The van der Waals surface area contributed by atoms with Crippen molar-refractivity contribution in [3.63, 3.8) is 0 Å². The first-order valence-corrected chi connectivity index (χ1v) is 10.5. The number of piperidine rings is 1. The van der Waals surface area contributed by atoms with Crippen LogP contribution in [0.5, 0.6) is 0 Å². The lowest BCUT2D eigenvalue weighted by Crippen LogP contribution is -2.50. The molecule has 4 heteroatoms. The Hall–Kier alpha value is -1.13. The Kier molecular flexibility index (Phi) is 4.21. The molecule has 4 nitrogen and oxygen atoms in total. The van der Waals surface area contributed by atoms with Crippen LogP contribution in [0.15, 0.2) is 16.9 Å². The maximum Gasteiger partial charge on any atom is 0.255 e. The van der Waals surface area contributed by atoms with Gasteiger partial charge in [0.1, 0.15) is 0 Å². The van der Waals surface area contributed by atoms with Gasteiger partial charge in [0.15, 0.2) is 0 Å². The molecule has 0 unspecified atom stereocenters. The van der Waals surface area contributed by atoms with Crippen LogP contribution in [0.25, 0.3) is 0 Å². The molecule has 0 amide bonds. The zero-order valence-electron chi connectivity index (χ0n) is 15.3. The Balaban J connectivity index is 1.39. The number of pyridine rings is 1. The molecule has 136 valence electrons. The summed E-state index contributed by atoms with van der Waals surface area (Å²) in [6.07, 6.45) is 9.45. The van der Waals surface area contributed by atoms with Crippen molar-refractivity contribution in [2.75, 3.05) is 26.2 Å². The largest absolute Gasteiger partial charge is 0.312 e. The molecular formula is C21H31N3O. The average molecular weight is 341 g/mol. The highest BCUT2D eigenvalue weighted by molar-refractivity contribution is 5.22. The standard InChI is InChI=1S/C21H31N3O/c25-21-17(14-22-9-3-4-10-22)7-8-20-18-11-16(13-24(20)21)12-23(15-18)19-5-1-2-6-19/h7-8,16,18-19H,1-6,9-15H2/t16-,18+/m0/s1. The third-order valence-electron chi connectivity index (χ3n) is 7.15. The van der Waals surface area contributed by atoms with Gasteiger partial charge in [-0.2, -0.15) is 0 Å². The number of nitrogens with zero attached hydrogens (tertiary/aromatic N) is 3. The van der Waals surface area contributed by atoms with Crippen molar-refractivity contribution >= 4 is 0 Å². The molecule has 5 rings (SSSR count). The Morgan fingerprint density at radius 1 is 0.960 bits per heavy atom. The van der Waals surface area contributed by atoms with Crippen molar-refractivity contribution in [2.45, 2.75) is 70.0 Å². The molecule has 2 atom stereocenters. The monoisotopic (exact) mass is 341 g/mol. The van der Waals surface area contributed by atoms with Gasteiger partial charge in [-0.1, -0.05) is 18.9 Å². The van der Waals surface area contributed by atoms with Gasteiger partial charge in [-0.25, -0.2) is 0 Å². The van der Waals surface area contributed by atoms with E-state index in [1.165, 1.54) is 63.7 Å². The van der Waals surface area contributed by atoms with E-state index in [-0.39, 0.29) is 0 Å². The van der Waals surface area contributed by atoms with E-state index in [1.54, 1.807) is 0 Å². The SMILES string of the molecule is O=c1c(CN2CCCC2)ccc2n1C[C@H]1C[C@@H]2CN(C2CCCC2)C1. The van der Waals surface area contributed by atoms with Gasteiger partial charge >= 0.3 is 0 Å². The summed E-state index contributed by atoms with van der Waals surface area (Å²) in [5.74, 6) is 1.24. The molecule has 0 spiro atoms. The molecule has 3 fully saturated rings. The predicted octanol–water partition coefficient (Wildman–Crippen LogP) is 2.81. The molecule has 3 aliphatic heterocycles. The minimum absolute atomic E-state index is 0.299. The maximum absolute atomic E-state index is 13.1. The third kappa shape index (κ3) is 2.97. The normalized spacial score (nSPS) is 30.7. The fraction of sp³-hybridized carbons (Fsp3) is 0.762. The molecule has 1 aromatic heterocycles. The molecule has 4 heterocycles. The summed E-state index contributed by atoms with van der Waals surface area (Å²) >= 11 is 0. The van der Waals surface area contributed by atoms with Crippen LogP contribution in [-0.4, -0.2) is 46.6 Å². The van der Waals surface area contributed by atoms with Crippen LogP contribution in [0, 0.1) is 5.92 Å². The Labute approximate surface area is 150 Å². The summed E-state index contributed by atoms with van der Waals surface area (Å²) < 4.78 is 2.15. The number of rotatable bonds is 3. The summed E-state index contributed by atoms with van der Waals surface area (Å²) in [6, 6.07) is 5.24. The van der Waals surface area contributed by atoms with Gasteiger partial charge in [0.2, 0.25) is 0 Å². The lowest BCUT2D eigenvalue weighted by Gasteiger charge is -2.45. The first-order chi connectivity index (χ1) is 12.3. The quantitative estimate of drug-likeness (QED) is 0.846. The lowest BCUT2D eigenvalue weighted by atomic mass is 9.82. The molecule has 4 aliphatic rings. The van der Waals surface area contributed by atoms with E-state index in [9.17, 15) is 4.79 Å². The zero-order chi connectivity index (χ0) is 16.8. The molecule has 1 saturated carbocycles. The van der Waals surface area contributed by atoms with E-state index in [0.29, 0.717) is 17.4 Å². The highest BCUT2D eigenvalue weighted by Crippen LogP contribution is 2.38. The van der Waals surface area contributed by atoms with Crippen molar-refractivity contribution in [2.24, 2.45) is 5.92 Å². The van der Waals surface area contributed by atoms with Crippen LogP contribution in [-0.2, 0) is 13.1 Å². The first kappa shape index (κ1) is 16.1. The summed E-state index contributed by atoms with van der Waals surface area (Å²) in [4.78, 5) is 18.3. The van der Waals surface area contributed by atoms with Gasteiger partial charge in [-0.05, 0) is 57.2 Å². The van der Waals surface area contributed by atoms with Gasteiger partial charge in [0.05, 0.1) is 0 Å². The van der Waals surface area contributed by atoms with Crippen molar-refractivity contribution < 1.29 is 0 Å². The van der Waals surface area contributed by atoms with Gasteiger partial charge in [0.25, 0.3) is 5.56 Å². The highest BCUT2D eigenvalue weighted by Gasteiger charge is 2.37. The summed E-state index contributed by atoms with van der Waals surface area (Å²) in [7, 11) is 0. The summed E-state index contributed by atoms with van der Waals surface area (Å²) in [6.45, 7) is 6.49. The molecular weight excluding hydrogens is 310 g/mol.